The van der Waals surface area contributed by atoms with E-state index in [1.165, 1.54) is 0 Å². The molecule has 4 N–H and O–H groups in total. The molecular formula is C18H15ClN4O2. The molecule has 25 heavy (non-hydrogen) atoms. The maximum Gasteiger partial charge on any atom is 0.260 e. The summed E-state index contributed by atoms with van der Waals surface area (Å²) in [6.07, 6.45) is 0. The van der Waals surface area contributed by atoms with Crippen molar-refractivity contribution in [2.75, 3.05) is 18.5 Å². The normalized spacial score (nSPS) is 11.3. The van der Waals surface area contributed by atoms with Gasteiger partial charge in [0.2, 0.25) is 0 Å². The van der Waals surface area contributed by atoms with Crippen LogP contribution in [0.1, 0.15) is 0 Å². The van der Waals surface area contributed by atoms with Crippen LogP contribution in [0, 0.1) is 0 Å². The molecule has 7 heteroatoms. The first kappa shape index (κ1) is 15.7. The maximum absolute atomic E-state index is 12.5. The van der Waals surface area contributed by atoms with E-state index in [2.05, 4.69) is 20.3 Å². The number of aromatic nitrogens is 3. The van der Waals surface area contributed by atoms with Gasteiger partial charge >= 0.3 is 0 Å². The molecule has 0 spiro atoms. The Bertz CT molecular complexity index is 1130. The van der Waals surface area contributed by atoms with Crippen LogP contribution in [-0.4, -0.2) is 33.2 Å². The van der Waals surface area contributed by atoms with Crippen molar-refractivity contribution >= 4 is 39.2 Å². The predicted octanol–water partition coefficient (Wildman–Crippen LogP) is 3.13. The highest BCUT2D eigenvalue weighted by atomic mass is 35.5. The van der Waals surface area contributed by atoms with E-state index in [0.717, 1.165) is 22.1 Å². The Hall–Kier alpha value is -2.83. The van der Waals surface area contributed by atoms with E-state index in [1.54, 1.807) is 0 Å². The lowest BCUT2D eigenvalue weighted by Crippen LogP contribution is -2.10. The largest absolute Gasteiger partial charge is 0.395 e. The number of H-pyrrole nitrogens is 2. The second-order valence-corrected chi connectivity index (χ2v) is 6.03. The SMILES string of the molecule is O=c1[nH]c2ccccc2c(Cl)c1-c1nc2ccc(NCCO)cc2[nH]1. The molecule has 4 rings (SSSR count). The Balaban J connectivity index is 1.87. The molecule has 0 aliphatic heterocycles. The van der Waals surface area contributed by atoms with Gasteiger partial charge in [-0.05, 0) is 24.3 Å². The first-order chi connectivity index (χ1) is 12.2. The number of rotatable bonds is 4. The molecule has 0 atom stereocenters. The van der Waals surface area contributed by atoms with Gasteiger partial charge in [0.1, 0.15) is 11.4 Å². The number of halogens is 1. The van der Waals surface area contributed by atoms with Gasteiger partial charge in [-0.15, -0.1) is 0 Å². The van der Waals surface area contributed by atoms with Crippen molar-refractivity contribution in [2.24, 2.45) is 0 Å². The summed E-state index contributed by atoms with van der Waals surface area (Å²) in [5, 5.41) is 13.1. The van der Waals surface area contributed by atoms with Crippen LogP contribution in [-0.2, 0) is 0 Å². The summed E-state index contributed by atoms with van der Waals surface area (Å²) in [5.74, 6) is 0.423. The quantitative estimate of drug-likeness (QED) is 0.453. The van der Waals surface area contributed by atoms with Crippen molar-refractivity contribution in [3.05, 3.63) is 57.8 Å². The van der Waals surface area contributed by atoms with Crippen molar-refractivity contribution < 1.29 is 5.11 Å². The number of imidazole rings is 1. The highest BCUT2D eigenvalue weighted by molar-refractivity contribution is 6.37. The smallest absolute Gasteiger partial charge is 0.260 e. The third kappa shape index (κ3) is 2.75. The average molecular weight is 355 g/mol. The third-order valence-corrected chi connectivity index (χ3v) is 4.41. The van der Waals surface area contributed by atoms with Crippen LogP contribution in [0.5, 0.6) is 0 Å². The van der Waals surface area contributed by atoms with Gasteiger partial charge in [-0.3, -0.25) is 4.79 Å². The van der Waals surface area contributed by atoms with Crippen molar-refractivity contribution in [1.82, 2.24) is 15.0 Å². The van der Waals surface area contributed by atoms with Gasteiger partial charge in [-0.1, -0.05) is 29.8 Å². The molecule has 0 saturated heterocycles. The Labute approximate surface area is 147 Å². The first-order valence-electron chi connectivity index (χ1n) is 7.83. The lowest BCUT2D eigenvalue weighted by atomic mass is 10.1. The number of aliphatic hydroxyl groups excluding tert-OH is 1. The number of anilines is 1. The number of hydrogen-bond acceptors (Lipinski definition) is 4. The van der Waals surface area contributed by atoms with Crippen LogP contribution in [0.2, 0.25) is 5.02 Å². The van der Waals surface area contributed by atoms with E-state index in [4.69, 9.17) is 16.7 Å². The lowest BCUT2D eigenvalue weighted by molar-refractivity contribution is 0.311. The second kappa shape index (κ2) is 6.23. The molecule has 0 fully saturated rings. The molecule has 0 unspecified atom stereocenters. The molecule has 2 aromatic heterocycles. The summed E-state index contributed by atoms with van der Waals surface area (Å²) in [6.45, 7) is 0.511. The zero-order valence-corrected chi connectivity index (χ0v) is 13.9. The summed E-state index contributed by atoms with van der Waals surface area (Å²) in [6, 6.07) is 13.0. The van der Waals surface area contributed by atoms with E-state index in [9.17, 15) is 4.79 Å². The van der Waals surface area contributed by atoms with Gasteiger partial charge in [0.05, 0.1) is 22.7 Å². The van der Waals surface area contributed by atoms with Crippen molar-refractivity contribution in [1.29, 1.82) is 0 Å². The molecule has 4 aromatic rings. The van der Waals surface area contributed by atoms with Crippen molar-refractivity contribution in [3.63, 3.8) is 0 Å². The molecule has 0 aliphatic rings. The number of pyridine rings is 1. The molecular weight excluding hydrogens is 340 g/mol. The van der Waals surface area contributed by atoms with E-state index in [0.29, 0.717) is 28.5 Å². The molecule has 126 valence electrons. The van der Waals surface area contributed by atoms with Gasteiger partial charge in [0.15, 0.2) is 0 Å². The number of hydrogen-bond donors (Lipinski definition) is 4. The summed E-state index contributed by atoms with van der Waals surface area (Å²) in [5.41, 5.74) is 3.08. The Morgan fingerprint density at radius 1 is 1.12 bits per heavy atom. The Morgan fingerprint density at radius 3 is 2.80 bits per heavy atom. The molecule has 6 nitrogen and oxygen atoms in total. The molecule has 0 saturated carbocycles. The third-order valence-electron chi connectivity index (χ3n) is 4.02. The van der Waals surface area contributed by atoms with Crippen LogP contribution >= 0.6 is 11.6 Å². The van der Waals surface area contributed by atoms with Gasteiger partial charge in [-0.25, -0.2) is 4.98 Å². The number of fused-ring (bicyclic) bond motifs is 2. The monoisotopic (exact) mass is 354 g/mol. The molecule has 2 heterocycles. The van der Waals surface area contributed by atoms with E-state index in [1.807, 2.05) is 42.5 Å². The van der Waals surface area contributed by atoms with Gasteiger partial charge in [-0.2, -0.15) is 0 Å². The van der Waals surface area contributed by atoms with Gasteiger partial charge in [0.25, 0.3) is 5.56 Å². The van der Waals surface area contributed by atoms with Crippen LogP contribution in [0.15, 0.2) is 47.3 Å². The number of aromatic amines is 2. The minimum absolute atomic E-state index is 0.0499. The highest BCUT2D eigenvalue weighted by Crippen LogP contribution is 2.30. The van der Waals surface area contributed by atoms with Gasteiger partial charge in [0, 0.05) is 23.1 Å². The first-order valence-corrected chi connectivity index (χ1v) is 8.20. The van der Waals surface area contributed by atoms with Crippen LogP contribution in [0.25, 0.3) is 33.3 Å². The summed E-state index contributed by atoms with van der Waals surface area (Å²) in [4.78, 5) is 23.0. The van der Waals surface area contributed by atoms with E-state index >= 15 is 0 Å². The fraction of sp³-hybridized carbons (Fsp3) is 0.111. The zero-order chi connectivity index (χ0) is 17.4. The molecule has 0 radical (unpaired) electrons. The number of aliphatic hydroxyl groups is 1. The summed E-state index contributed by atoms with van der Waals surface area (Å²) >= 11 is 6.49. The fourth-order valence-electron chi connectivity index (χ4n) is 2.85. The minimum atomic E-state index is -0.290. The Morgan fingerprint density at radius 2 is 1.96 bits per heavy atom. The lowest BCUT2D eigenvalue weighted by Gasteiger charge is -2.04. The predicted molar refractivity (Wildman–Crippen MR) is 100 cm³/mol. The summed E-state index contributed by atoms with van der Waals surface area (Å²) < 4.78 is 0. The molecule has 0 amide bonds. The van der Waals surface area contributed by atoms with Crippen LogP contribution in [0.4, 0.5) is 5.69 Å². The minimum Gasteiger partial charge on any atom is -0.395 e. The number of nitrogens with zero attached hydrogens (tertiary/aromatic N) is 1. The van der Waals surface area contributed by atoms with E-state index in [-0.39, 0.29) is 12.2 Å². The van der Waals surface area contributed by atoms with Crippen LogP contribution < -0.4 is 10.9 Å². The van der Waals surface area contributed by atoms with Crippen molar-refractivity contribution in [2.45, 2.75) is 0 Å². The van der Waals surface area contributed by atoms with Gasteiger partial charge < -0.3 is 20.4 Å². The maximum atomic E-state index is 12.5. The summed E-state index contributed by atoms with van der Waals surface area (Å²) in [7, 11) is 0. The standard InChI is InChI=1S/C18H15ClN4O2/c19-16-11-3-1-2-4-12(11)23-18(25)15(16)17-21-13-6-5-10(20-7-8-24)9-14(13)22-17/h1-6,9,20,24H,7-8H2,(H,21,22)(H,23,25). The average Bonchev–Trinajstić information content (AvgIpc) is 3.02. The number of para-hydroxylation sites is 1. The van der Waals surface area contributed by atoms with Crippen LogP contribution in [0.3, 0.4) is 0 Å². The highest BCUT2D eigenvalue weighted by Gasteiger charge is 2.16. The molecule has 2 aromatic carbocycles. The molecule has 0 aliphatic carbocycles. The number of benzene rings is 2. The molecule has 0 bridgehead atoms. The number of nitrogens with one attached hydrogen (secondary N) is 3. The second-order valence-electron chi connectivity index (χ2n) is 5.66. The zero-order valence-electron chi connectivity index (χ0n) is 13.1. The fourth-order valence-corrected chi connectivity index (χ4v) is 3.19. The topological polar surface area (TPSA) is 93.8 Å². The van der Waals surface area contributed by atoms with E-state index < -0.39 is 0 Å². The van der Waals surface area contributed by atoms with Crippen molar-refractivity contribution in [3.8, 4) is 11.4 Å². The Kier molecular flexibility index (Phi) is 3.91.